The first kappa shape index (κ1) is 16.6. The number of likely N-dealkylation sites (tertiary alicyclic amines) is 1. The van der Waals surface area contributed by atoms with E-state index in [0.29, 0.717) is 0 Å². The summed E-state index contributed by atoms with van der Waals surface area (Å²) in [6, 6.07) is 5.94. The summed E-state index contributed by atoms with van der Waals surface area (Å²) in [4.78, 5) is 10.7. The number of benzene rings is 1. The van der Waals surface area contributed by atoms with Crippen LogP contribution >= 0.6 is 0 Å². The molecule has 0 N–H and O–H groups in total. The second kappa shape index (κ2) is 7.01. The molecule has 0 atom stereocenters. The molecule has 1 heterocycles. The molecular formula is C17H25NO4. The van der Waals surface area contributed by atoms with E-state index in [1.54, 1.807) is 14.2 Å². The maximum Gasteiger partial charge on any atom is 0.169 e. The van der Waals surface area contributed by atoms with Crippen molar-refractivity contribution in [3.63, 3.8) is 0 Å². The van der Waals surface area contributed by atoms with Crippen LogP contribution < -0.4 is 14.6 Å². The van der Waals surface area contributed by atoms with Gasteiger partial charge in [-0.3, -0.25) is 0 Å². The minimum atomic E-state index is -0.935. The maximum atomic E-state index is 10.7. The molecule has 1 aliphatic heterocycles. The van der Waals surface area contributed by atoms with Crippen LogP contribution in [0.4, 0.5) is 0 Å². The molecule has 5 heteroatoms. The smallest absolute Gasteiger partial charge is 0.169 e. The number of hydrogen-bond donors (Lipinski definition) is 0. The lowest BCUT2D eigenvalue weighted by molar-refractivity contribution is -0.928. The first-order valence-corrected chi connectivity index (χ1v) is 7.70. The van der Waals surface area contributed by atoms with Gasteiger partial charge in [0, 0.05) is 5.97 Å². The Labute approximate surface area is 132 Å². The highest BCUT2D eigenvalue weighted by Crippen LogP contribution is 2.34. The van der Waals surface area contributed by atoms with E-state index in [2.05, 4.69) is 13.1 Å². The molecule has 0 saturated carbocycles. The van der Waals surface area contributed by atoms with Crippen LogP contribution in [0.2, 0.25) is 0 Å². The Morgan fingerprint density at radius 2 is 1.95 bits per heavy atom. The molecule has 0 aromatic heterocycles. The van der Waals surface area contributed by atoms with Crippen LogP contribution in [0.25, 0.3) is 0 Å². The summed E-state index contributed by atoms with van der Waals surface area (Å²) in [7, 11) is 5.52. The van der Waals surface area contributed by atoms with E-state index < -0.39 is 5.97 Å². The SMILES string of the molecule is COc1cccc(C[N+]2(C)CCC(CC(=O)[O-])CC2)c1OC. The molecule has 0 radical (unpaired) electrons. The highest BCUT2D eigenvalue weighted by Gasteiger charge is 2.31. The maximum absolute atomic E-state index is 10.7. The number of carbonyl (C=O) groups is 1. The molecule has 2 rings (SSSR count). The van der Waals surface area contributed by atoms with Crippen molar-refractivity contribution in [1.82, 2.24) is 0 Å². The third kappa shape index (κ3) is 3.91. The minimum Gasteiger partial charge on any atom is -0.550 e. The molecule has 0 amide bonds. The van der Waals surface area contributed by atoms with E-state index in [1.165, 1.54) is 0 Å². The van der Waals surface area contributed by atoms with E-state index >= 15 is 0 Å². The van der Waals surface area contributed by atoms with Crippen molar-refractivity contribution in [1.29, 1.82) is 0 Å². The molecule has 1 aliphatic rings. The Hall–Kier alpha value is -1.75. The average Bonchev–Trinajstić information content (AvgIpc) is 2.49. The van der Waals surface area contributed by atoms with Crippen molar-refractivity contribution in [2.24, 2.45) is 5.92 Å². The number of rotatable bonds is 6. The number of carboxylic acid groups (broad SMARTS) is 1. The minimum absolute atomic E-state index is 0.183. The fraction of sp³-hybridized carbons (Fsp3) is 0.588. The first-order valence-electron chi connectivity index (χ1n) is 7.70. The number of hydrogen-bond acceptors (Lipinski definition) is 4. The van der Waals surface area contributed by atoms with Crippen molar-refractivity contribution >= 4 is 5.97 Å². The summed E-state index contributed by atoms with van der Waals surface area (Å²) in [5.41, 5.74) is 1.13. The van der Waals surface area contributed by atoms with Crippen LogP contribution in [0.5, 0.6) is 11.5 Å². The van der Waals surface area contributed by atoms with Gasteiger partial charge in [-0.1, -0.05) is 6.07 Å². The molecular weight excluding hydrogens is 282 g/mol. The zero-order valence-electron chi connectivity index (χ0n) is 13.6. The predicted molar refractivity (Wildman–Crippen MR) is 81.5 cm³/mol. The number of methoxy groups -OCH3 is 2. The number of piperidine rings is 1. The molecule has 22 heavy (non-hydrogen) atoms. The second-order valence-corrected chi connectivity index (χ2v) is 6.40. The number of aliphatic carboxylic acids is 1. The molecule has 122 valence electrons. The topological polar surface area (TPSA) is 58.6 Å². The van der Waals surface area contributed by atoms with Crippen molar-refractivity contribution in [3.05, 3.63) is 23.8 Å². The van der Waals surface area contributed by atoms with E-state index in [9.17, 15) is 9.90 Å². The Kier molecular flexibility index (Phi) is 5.29. The normalized spacial score (nSPS) is 24.8. The number of carboxylic acids is 1. The zero-order chi connectivity index (χ0) is 16.2. The lowest BCUT2D eigenvalue weighted by atomic mass is 9.92. The number of nitrogens with zero attached hydrogens (tertiary/aromatic N) is 1. The monoisotopic (exact) mass is 307 g/mol. The van der Waals surface area contributed by atoms with E-state index in [1.807, 2.05) is 12.1 Å². The lowest BCUT2D eigenvalue weighted by Crippen LogP contribution is -2.49. The van der Waals surface area contributed by atoms with Gasteiger partial charge in [-0.05, 0) is 37.3 Å². The van der Waals surface area contributed by atoms with Gasteiger partial charge < -0.3 is 23.9 Å². The number of para-hydroxylation sites is 1. The van der Waals surface area contributed by atoms with Gasteiger partial charge in [0.1, 0.15) is 6.54 Å². The zero-order valence-corrected chi connectivity index (χ0v) is 13.6. The van der Waals surface area contributed by atoms with Crippen LogP contribution in [-0.2, 0) is 11.3 Å². The van der Waals surface area contributed by atoms with Gasteiger partial charge in [0.15, 0.2) is 11.5 Å². The quantitative estimate of drug-likeness (QED) is 0.741. The third-order valence-electron chi connectivity index (χ3n) is 4.65. The number of carbonyl (C=O) groups excluding carboxylic acids is 1. The lowest BCUT2D eigenvalue weighted by Gasteiger charge is -2.41. The van der Waals surface area contributed by atoms with Gasteiger partial charge in [-0.15, -0.1) is 0 Å². The van der Waals surface area contributed by atoms with Crippen molar-refractivity contribution in [3.8, 4) is 11.5 Å². The largest absolute Gasteiger partial charge is 0.550 e. The second-order valence-electron chi connectivity index (χ2n) is 6.40. The van der Waals surface area contributed by atoms with Crippen LogP contribution in [0.3, 0.4) is 0 Å². The van der Waals surface area contributed by atoms with Crippen molar-refractivity contribution in [2.45, 2.75) is 25.8 Å². The molecule has 1 aromatic carbocycles. The molecule has 1 fully saturated rings. The van der Waals surface area contributed by atoms with Gasteiger partial charge in [-0.2, -0.15) is 0 Å². The first-order chi connectivity index (χ1) is 10.5. The third-order valence-corrected chi connectivity index (χ3v) is 4.65. The summed E-state index contributed by atoms with van der Waals surface area (Å²) < 4.78 is 11.8. The highest BCUT2D eigenvalue weighted by molar-refractivity contribution is 5.64. The van der Waals surface area contributed by atoms with Gasteiger partial charge >= 0.3 is 0 Å². The molecule has 0 aliphatic carbocycles. The van der Waals surface area contributed by atoms with Crippen LogP contribution in [0.15, 0.2) is 18.2 Å². The standard InChI is InChI=1S/C17H25NO4/c1-18(9-7-13(8-10-18)11-16(19)20)12-14-5-4-6-15(21-2)17(14)22-3/h4-6,13H,7-12H2,1-3H3. The van der Waals surface area contributed by atoms with E-state index in [4.69, 9.17) is 9.47 Å². The molecule has 5 nitrogen and oxygen atoms in total. The predicted octanol–water partition coefficient (Wildman–Crippen LogP) is 1.20. The van der Waals surface area contributed by atoms with E-state index in [-0.39, 0.29) is 12.3 Å². The number of ether oxygens (including phenoxy) is 2. The Morgan fingerprint density at radius 3 is 2.50 bits per heavy atom. The fourth-order valence-electron chi connectivity index (χ4n) is 3.33. The molecule has 0 unspecified atom stereocenters. The molecule has 0 spiro atoms. The summed E-state index contributed by atoms with van der Waals surface area (Å²) in [5, 5.41) is 10.7. The Morgan fingerprint density at radius 1 is 1.27 bits per heavy atom. The Balaban J connectivity index is 2.06. The summed E-state index contributed by atoms with van der Waals surface area (Å²) in [6.07, 6.45) is 2.04. The van der Waals surface area contributed by atoms with Crippen LogP contribution in [0, 0.1) is 5.92 Å². The van der Waals surface area contributed by atoms with Gasteiger partial charge in [0.2, 0.25) is 0 Å². The van der Waals surface area contributed by atoms with Gasteiger partial charge in [0.05, 0.1) is 39.9 Å². The summed E-state index contributed by atoms with van der Waals surface area (Å²) in [6.45, 7) is 2.80. The molecule has 1 aromatic rings. The fourth-order valence-corrected chi connectivity index (χ4v) is 3.33. The number of quaternary nitrogens is 1. The van der Waals surface area contributed by atoms with Gasteiger partial charge in [0.25, 0.3) is 0 Å². The molecule has 0 bridgehead atoms. The van der Waals surface area contributed by atoms with E-state index in [0.717, 1.165) is 54.0 Å². The van der Waals surface area contributed by atoms with Crippen LogP contribution in [-0.4, -0.2) is 44.8 Å². The summed E-state index contributed by atoms with van der Waals surface area (Å²) in [5.74, 6) is 0.860. The Bertz CT molecular complexity index is 521. The molecule has 1 saturated heterocycles. The van der Waals surface area contributed by atoms with Gasteiger partial charge in [-0.25, -0.2) is 0 Å². The van der Waals surface area contributed by atoms with Crippen LogP contribution in [0.1, 0.15) is 24.8 Å². The van der Waals surface area contributed by atoms with Crippen molar-refractivity contribution in [2.75, 3.05) is 34.4 Å². The average molecular weight is 307 g/mol. The highest BCUT2D eigenvalue weighted by atomic mass is 16.5. The summed E-state index contributed by atoms with van der Waals surface area (Å²) >= 11 is 0. The van der Waals surface area contributed by atoms with Crippen molar-refractivity contribution < 1.29 is 23.9 Å².